The number of hydrogen-bond donors (Lipinski definition) is 2. The summed E-state index contributed by atoms with van der Waals surface area (Å²) in [7, 11) is 0. The van der Waals surface area contributed by atoms with Crippen LogP contribution in [0.5, 0.6) is 0 Å². The molecule has 3 rings (SSSR count). The summed E-state index contributed by atoms with van der Waals surface area (Å²) in [5.74, 6) is -0.259. The summed E-state index contributed by atoms with van der Waals surface area (Å²) < 4.78 is 18.3. The van der Waals surface area contributed by atoms with E-state index < -0.39 is 0 Å². The molecule has 3 N–H and O–H groups in total. The summed E-state index contributed by atoms with van der Waals surface area (Å²) in [4.78, 5) is 6.61. The molecular weight excluding hydrogens is 321 g/mol. The standard InChI is InChI=1S/C19H20FN3O2/c20-15-7-5-14(6-8-15)18(24)13-19(21)22-16-3-1-2-4-17(16)23-9-11-25-12-10-23/h1-8,13,24H,9-12H2,(H2,21,22)/b18-13-. The van der Waals surface area contributed by atoms with Crippen LogP contribution in [0.15, 0.2) is 59.6 Å². The maximum Gasteiger partial charge on any atom is 0.127 e. The van der Waals surface area contributed by atoms with Gasteiger partial charge in [-0.1, -0.05) is 12.1 Å². The molecule has 5 nitrogen and oxygen atoms in total. The van der Waals surface area contributed by atoms with Crippen LogP contribution < -0.4 is 10.6 Å². The molecule has 0 aromatic heterocycles. The number of hydrogen-bond acceptors (Lipinski definition) is 4. The van der Waals surface area contributed by atoms with Crippen LogP contribution in [0.2, 0.25) is 0 Å². The van der Waals surface area contributed by atoms with Gasteiger partial charge in [0.05, 0.1) is 24.6 Å². The van der Waals surface area contributed by atoms with Crippen molar-refractivity contribution in [1.29, 1.82) is 0 Å². The number of benzene rings is 2. The zero-order valence-corrected chi connectivity index (χ0v) is 13.7. The van der Waals surface area contributed by atoms with Crippen LogP contribution in [0.3, 0.4) is 0 Å². The van der Waals surface area contributed by atoms with Gasteiger partial charge in [-0.15, -0.1) is 0 Å². The van der Waals surface area contributed by atoms with Crippen LogP contribution >= 0.6 is 0 Å². The first-order valence-electron chi connectivity index (χ1n) is 8.06. The fraction of sp³-hybridized carbons (Fsp3) is 0.211. The Hall–Kier alpha value is -2.86. The van der Waals surface area contributed by atoms with Crippen molar-refractivity contribution < 1.29 is 14.2 Å². The number of morpholine rings is 1. The molecule has 0 amide bonds. The first-order chi connectivity index (χ1) is 12.1. The summed E-state index contributed by atoms with van der Waals surface area (Å²) >= 11 is 0. The van der Waals surface area contributed by atoms with E-state index in [0.29, 0.717) is 18.8 Å². The second kappa shape index (κ2) is 7.81. The number of rotatable bonds is 4. The molecule has 0 atom stereocenters. The van der Waals surface area contributed by atoms with E-state index >= 15 is 0 Å². The molecule has 1 saturated heterocycles. The highest BCUT2D eigenvalue weighted by atomic mass is 19.1. The lowest BCUT2D eigenvalue weighted by molar-refractivity contribution is 0.123. The van der Waals surface area contributed by atoms with Crippen LogP contribution in [-0.4, -0.2) is 37.2 Å². The van der Waals surface area contributed by atoms with Gasteiger partial charge in [0.2, 0.25) is 0 Å². The van der Waals surface area contributed by atoms with Crippen molar-refractivity contribution in [1.82, 2.24) is 0 Å². The van der Waals surface area contributed by atoms with Crippen LogP contribution in [0, 0.1) is 5.82 Å². The minimum Gasteiger partial charge on any atom is -0.507 e. The van der Waals surface area contributed by atoms with Gasteiger partial charge in [0.25, 0.3) is 0 Å². The van der Waals surface area contributed by atoms with Crippen LogP contribution in [0.4, 0.5) is 15.8 Å². The van der Waals surface area contributed by atoms with Gasteiger partial charge >= 0.3 is 0 Å². The molecule has 0 spiro atoms. The quantitative estimate of drug-likeness (QED) is 0.509. The third kappa shape index (κ3) is 4.36. The van der Waals surface area contributed by atoms with Gasteiger partial charge in [-0.3, -0.25) is 0 Å². The van der Waals surface area contributed by atoms with E-state index in [4.69, 9.17) is 10.5 Å². The smallest absolute Gasteiger partial charge is 0.127 e. The number of aliphatic imine (C=N–C) groups is 1. The highest BCUT2D eigenvalue weighted by molar-refractivity contribution is 5.99. The molecule has 6 heteroatoms. The number of aliphatic hydroxyl groups is 1. The second-order valence-electron chi connectivity index (χ2n) is 5.66. The Morgan fingerprint density at radius 1 is 1.12 bits per heavy atom. The van der Waals surface area contributed by atoms with E-state index in [-0.39, 0.29) is 17.4 Å². The summed E-state index contributed by atoms with van der Waals surface area (Å²) in [6, 6.07) is 13.2. The van der Waals surface area contributed by atoms with Gasteiger partial charge in [-0.25, -0.2) is 9.38 Å². The van der Waals surface area contributed by atoms with Crippen molar-refractivity contribution in [3.05, 3.63) is 66.0 Å². The van der Waals surface area contributed by atoms with Gasteiger partial charge in [-0.05, 0) is 36.4 Å². The summed E-state index contributed by atoms with van der Waals surface area (Å²) in [6.07, 6.45) is 1.36. The average molecular weight is 341 g/mol. The summed E-state index contributed by atoms with van der Waals surface area (Å²) in [5.41, 5.74) is 8.14. The fourth-order valence-corrected chi connectivity index (χ4v) is 2.65. The van der Waals surface area contributed by atoms with E-state index in [1.165, 1.54) is 30.3 Å². The van der Waals surface area contributed by atoms with Crippen LogP contribution in [-0.2, 0) is 4.74 Å². The lowest BCUT2D eigenvalue weighted by atomic mass is 10.1. The van der Waals surface area contributed by atoms with Crippen molar-refractivity contribution in [3.8, 4) is 0 Å². The molecule has 0 saturated carbocycles. The number of para-hydroxylation sites is 2. The summed E-state index contributed by atoms with van der Waals surface area (Å²) in [5, 5.41) is 10.1. The van der Waals surface area contributed by atoms with Crippen LogP contribution in [0.25, 0.3) is 5.76 Å². The van der Waals surface area contributed by atoms with Crippen LogP contribution in [0.1, 0.15) is 5.56 Å². The lowest BCUT2D eigenvalue weighted by Crippen LogP contribution is -2.36. The lowest BCUT2D eigenvalue weighted by Gasteiger charge is -2.29. The minimum atomic E-state index is -0.363. The molecule has 1 heterocycles. The Morgan fingerprint density at radius 3 is 2.52 bits per heavy atom. The number of nitrogens with zero attached hydrogens (tertiary/aromatic N) is 2. The van der Waals surface area contributed by atoms with Gasteiger partial charge in [0, 0.05) is 24.7 Å². The minimum absolute atomic E-state index is 0.0647. The number of amidine groups is 1. The van der Waals surface area contributed by atoms with Gasteiger partial charge in [0.1, 0.15) is 17.4 Å². The third-order valence-corrected chi connectivity index (χ3v) is 3.91. The normalized spacial score (nSPS) is 16.1. The highest BCUT2D eigenvalue weighted by Gasteiger charge is 2.14. The van der Waals surface area contributed by atoms with Crippen molar-refractivity contribution in [2.24, 2.45) is 10.7 Å². The summed E-state index contributed by atoms with van der Waals surface area (Å²) in [6.45, 7) is 2.95. The van der Waals surface area contributed by atoms with Gasteiger partial charge in [-0.2, -0.15) is 0 Å². The predicted molar refractivity (Wildman–Crippen MR) is 97.8 cm³/mol. The van der Waals surface area contributed by atoms with Gasteiger partial charge in [0.15, 0.2) is 0 Å². The molecule has 0 bridgehead atoms. The number of ether oxygens (including phenoxy) is 1. The molecule has 0 unspecified atom stereocenters. The van der Waals surface area contributed by atoms with Crippen molar-refractivity contribution in [2.45, 2.75) is 0 Å². The van der Waals surface area contributed by atoms with Crippen molar-refractivity contribution in [3.63, 3.8) is 0 Å². The van der Waals surface area contributed by atoms with Crippen molar-refractivity contribution >= 4 is 23.0 Å². The topological polar surface area (TPSA) is 71.1 Å². The van der Waals surface area contributed by atoms with E-state index in [9.17, 15) is 9.50 Å². The average Bonchev–Trinajstić information content (AvgIpc) is 2.63. The van der Waals surface area contributed by atoms with E-state index in [1.807, 2.05) is 24.3 Å². The van der Waals surface area contributed by atoms with E-state index in [1.54, 1.807) is 0 Å². The Labute approximate surface area is 145 Å². The third-order valence-electron chi connectivity index (χ3n) is 3.91. The monoisotopic (exact) mass is 341 g/mol. The molecular formula is C19H20FN3O2. The van der Waals surface area contributed by atoms with E-state index in [0.717, 1.165) is 24.5 Å². The molecule has 0 radical (unpaired) electrons. The zero-order chi connectivity index (χ0) is 17.6. The fourth-order valence-electron chi connectivity index (χ4n) is 2.65. The largest absolute Gasteiger partial charge is 0.507 e. The first-order valence-corrected chi connectivity index (χ1v) is 8.06. The van der Waals surface area contributed by atoms with Gasteiger partial charge < -0.3 is 20.5 Å². The molecule has 2 aromatic carbocycles. The molecule has 25 heavy (non-hydrogen) atoms. The number of halogens is 1. The molecule has 1 aliphatic rings. The zero-order valence-electron chi connectivity index (χ0n) is 13.7. The Kier molecular flexibility index (Phi) is 5.30. The SMILES string of the molecule is NC(/C=C(\O)c1ccc(F)cc1)=Nc1ccccc1N1CCOCC1. The number of anilines is 1. The molecule has 130 valence electrons. The van der Waals surface area contributed by atoms with E-state index in [2.05, 4.69) is 9.89 Å². The Balaban J connectivity index is 1.84. The predicted octanol–water partition coefficient (Wildman–Crippen LogP) is 3.25. The van der Waals surface area contributed by atoms with Crippen molar-refractivity contribution in [2.75, 3.05) is 31.2 Å². The Morgan fingerprint density at radius 2 is 1.80 bits per heavy atom. The first kappa shape index (κ1) is 17.0. The number of nitrogens with two attached hydrogens (primary N) is 1. The molecule has 0 aliphatic carbocycles. The Bertz CT molecular complexity index is 782. The highest BCUT2D eigenvalue weighted by Crippen LogP contribution is 2.29. The number of aliphatic hydroxyl groups excluding tert-OH is 1. The molecule has 1 fully saturated rings. The maximum absolute atomic E-state index is 13.0. The maximum atomic E-state index is 13.0. The molecule has 1 aliphatic heterocycles. The molecule has 2 aromatic rings. The second-order valence-corrected chi connectivity index (χ2v) is 5.66.